The van der Waals surface area contributed by atoms with Crippen LogP contribution in [-0.2, 0) is 11.2 Å². The molecule has 0 fully saturated rings. The molecule has 0 aliphatic heterocycles. The summed E-state index contributed by atoms with van der Waals surface area (Å²) in [5, 5.41) is 26.1. The van der Waals surface area contributed by atoms with Gasteiger partial charge in [-0.25, -0.2) is 4.39 Å². The van der Waals surface area contributed by atoms with Crippen LogP contribution in [0.2, 0.25) is 5.02 Å². The van der Waals surface area contributed by atoms with Crippen LogP contribution in [0.5, 0.6) is 11.5 Å². The molecule has 0 radical (unpaired) electrons. The van der Waals surface area contributed by atoms with E-state index in [1.807, 2.05) is 0 Å². The Morgan fingerprint density at radius 2 is 2.07 bits per heavy atom. The fourth-order valence-electron chi connectivity index (χ4n) is 0.967. The largest absolute Gasteiger partial charge is 0.504 e. The first kappa shape index (κ1) is 10.6. The standard InChI is InChI=1S/C8H6ClFO4/c9-4-2-5(11)8(14)3(7(4)10)1-6(12)13/h2,11,14H,1H2,(H,12,13). The molecule has 0 atom stereocenters. The minimum absolute atomic E-state index is 0.434. The number of carbonyl (C=O) groups is 1. The van der Waals surface area contributed by atoms with Gasteiger partial charge in [0.15, 0.2) is 11.5 Å². The van der Waals surface area contributed by atoms with Crippen molar-refractivity contribution in [1.29, 1.82) is 0 Å². The lowest BCUT2D eigenvalue weighted by Gasteiger charge is -2.06. The van der Waals surface area contributed by atoms with Crippen LogP contribution in [0.1, 0.15) is 5.56 Å². The van der Waals surface area contributed by atoms with Crippen LogP contribution in [0.15, 0.2) is 6.07 Å². The van der Waals surface area contributed by atoms with Gasteiger partial charge >= 0.3 is 5.97 Å². The topological polar surface area (TPSA) is 77.8 Å². The zero-order valence-electron chi connectivity index (χ0n) is 6.79. The van der Waals surface area contributed by atoms with E-state index in [9.17, 15) is 9.18 Å². The molecule has 0 aliphatic rings. The number of phenols is 2. The van der Waals surface area contributed by atoms with Gasteiger partial charge in [-0.15, -0.1) is 0 Å². The lowest BCUT2D eigenvalue weighted by molar-refractivity contribution is -0.136. The third-order valence-corrected chi connectivity index (χ3v) is 1.87. The highest BCUT2D eigenvalue weighted by Crippen LogP contribution is 2.35. The maximum absolute atomic E-state index is 13.1. The molecule has 0 aliphatic carbocycles. The number of aliphatic carboxylic acids is 1. The molecular formula is C8H6ClFO4. The highest BCUT2D eigenvalue weighted by Gasteiger charge is 2.18. The van der Waals surface area contributed by atoms with E-state index in [0.717, 1.165) is 6.07 Å². The lowest BCUT2D eigenvalue weighted by atomic mass is 10.1. The summed E-state index contributed by atoms with van der Waals surface area (Å²) in [6, 6.07) is 0.803. The van der Waals surface area contributed by atoms with Crippen molar-refractivity contribution in [2.75, 3.05) is 0 Å². The fraction of sp³-hybridized carbons (Fsp3) is 0.125. The van der Waals surface area contributed by atoms with Crippen LogP contribution >= 0.6 is 11.6 Å². The van der Waals surface area contributed by atoms with Crippen molar-refractivity contribution in [1.82, 2.24) is 0 Å². The SMILES string of the molecule is O=C(O)Cc1c(O)c(O)cc(Cl)c1F. The Bertz CT molecular complexity index is 365. The number of phenolic OH excluding ortho intramolecular Hbond substituents is 2. The minimum Gasteiger partial charge on any atom is -0.504 e. The average Bonchev–Trinajstić information content (AvgIpc) is 2.09. The van der Waals surface area contributed by atoms with Crippen LogP contribution in [0.3, 0.4) is 0 Å². The molecule has 0 saturated carbocycles. The van der Waals surface area contributed by atoms with Gasteiger partial charge in [0, 0.05) is 11.6 Å². The Hall–Kier alpha value is -1.49. The molecule has 1 aromatic carbocycles. The summed E-state index contributed by atoms with van der Waals surface area (Å²) in [4.78, 5) is 10.3. The average molecular weight is 221 g/mol. The first-order valence-electron chi connectivity index (χ1n) is 3.54. The summed E-state index contributed by atoms with van der Waals surface area (Å²) >= 11 is 5.34. The third-order valence-electron chi connectivity index (χ3n) is 1.59. The minimum atomic E-state index is -1.33. The number of carboxylic acids is 1. The van der Waals surface area contributed by atoms with Gasteiger partial charge in [-0.1, -0.05) is 11.6 Å². The third kappa shape index (κ3) is 1.88. The van der Waals surface area contributed by atoms with Gasteiger partial charge in [-0.3, -0.25) is 4.79 Å². The molecule has 0 saturated heterocycles. The quantitative estimate of drug-likeness (QED) is 0.661. The summed E-state index contributed by atoms with van der Waals surface area (Å²) < 4.78 is 13.1. The van der Waals surface area contributed by atoms with Crippen LogP contribution in [0.4, 0.5) is 4.39 Å². The number of rotatable bonds is 2. The molecule has 0 heterocycles. The predicted molar refractivity (Wildman–Crippen MR) is 46.1 cm³/mol. The van der Waals surface area contributed by atoms with Gasteiger partial charge in [-0.05, 0) is 0 Å². The van der Waals surface area contributed by atoms with Gasteiger partial charge in [0.25, 0.3) is 0 Å². The van der Waals surface area contributed by atoms with Crippen LogP contribution in [-0.4, -0.2) is 21.3 Å². The van der Waals surface area contributed by atoms with E-state index in [1.54, 1.807) is 0 Å². The number of aromatic hydroxyl groups is 2. The summed E-state index contributed by atoms with van der Waals surface area (Å²) in [5.41, 5.74) is -0.525. The molecule has 4 nitrogen and oxygen atoms in total. The fourth-order valence-corrected chi connectivity index (χ4v) is 1.18. The molecule has 6 heteroatoms. The Labute approximate surface area is 83.2 Å². The summed E-state index contributed by atoms with van der Waals surface area (Å²) in [7, 11) is 0. The Morgan fingerprint density at radius 1 is 1.50 bits per heavy atom. The molecule has 3 N–H and O–H groups in total. The highest BCUT2D eigenvalue weighted by molar-refractivity contribution is 6.31. The van der Waals surface area contributed by atoms with Gasteiger partial charge in [0.1, 0.15) is 5.82 Å². The molecule has 0 unspecified atom stereocenters. The van der Waals surface area contributed by atoms with Gasteiger partial charge in [0.05, 0.1) is 11.4 Å². The monoisotopic (exact) mass is 220 g/mol. The Balaban J connectivity index is 3.31. The zero-order valence-corrected chi connectivity index (χ0v) is 7.55. The van der Waals surface area contributed by atoms with Gasteiger partial charge in [0.2, 0.25) is 0 Å². The summed E-state index contributed by atoms with van der Waals surface area (Å²) in [6.45, 7) is 0. The van der Waals surface area contributed by atoms with Gasteiger partial charge < -0.3 is 15.3 Å². The van der Waals surface area contributed by atoms with Crippen LogP contribution in [0, 0.1) is 5.82 Å². The van der Waals surface area contributed by atoms with Crippen molar-refractivity contribution in [3.8, 4) is 11.5 Å². The summed E-state index contributed by atoms with van der Waals surface area (Å²) in [6.07, 6.45) is -0.744. The molecule has 14 heavy (non-hydrogen) atoms. The second-order valence-electron chi connectivity index (χ2n) is 2.59. The number of benzene rings is 1. The first-order valence-corrected chi connectivity index (χ1v) is 3.92. The second kappa shape index (κ2) is 3.71. The van der Waals surface area contributed by atoms with Crippen molar-refractivity contribution in [3.05, 3.63) is 22.5 Å². The molecule has 0 aromatic heterocycles. The molecular weight excluding hydrogens is 215 g/mol. The smallest absolute Gasteiger partial charge is 0.308 e. The van der Waals surface area contributed by atoms with Crippen molar-refractivity contribution in [3.63, 3.8) is 0 Å². The number of carboxylic acid groups (broad SMARTS) is 1. The van der Waals surface area contributed by atoms with Crippen molar-refractivity contribution in [2.24, 2.45) is 0 Å². The summed E-state index contributed by atoms with van der Waals surface area (Å²) in [5.74, 6) is -3.81. The highest BCUT2D eigenvalue weighted by atomic mass is 35.5. The molecule has 0 spiro atoms. The maximum atomic E-state index is 13.1. The van der Waals surface area contributed by atoms with E-state index in [1.165, 1.54) is 0 Å². The predicted octanol–water partition coefficient (Wildman–Crippen LogP) is 1.52. The molecule has 0 bridgehead atoms. The second-order valence-corrected chi connectivity index (χ2v) is 3.00. The van der Waals surface area contributed by atoms with Crippen LogP contribution < -0.4 is 0 Å². The molecule has 76 valence electrons. The Kier molecular flexibility index (Phi) is 2.81. The molecule has 0 amide bonds. The number of halogens is 2. The number of hydrogen-bond donors (Lipinski definition) is 3. The number of hydrogen-bond acceptors (Lipinski definition) is 3. The van der Waals surface area contributed by atoms with E-state index < -0.39 is 40.3 Å². The van der Waals surface area contributed by atoms with E-state index in [4.69, 9.17) is 26.9 Å². The lowest BCUT2D eigenvalue weighted by Crippen LogP contribution is -2.03. The maximum Gasteiger partial charge on any atom is 0.308 e. The zero-order chi connectivity index (χ0) is 10.9. The first-order chi connectivity index (χ1) is 6.43. The molecule has 1 aromatic rings. The normalized spacial score (nSPS) is 10.1. The van der Waals surface area contributed by atoms with E-state index in [2.05, 4.69) is 0 Å². The van der Waals surface area contributed by atoms with E-state index >= 15 is 0 Å². The van der Waals surface area contributed by atoms with E-state index in [0.29, 0.717) is 0 Å². The molecule has 1 rings (SSSR count). The van der Waals surface area contributed by atoms with E-state index in [-0.39, 0.29) is 0 Å². The van der Waals surface area contributed by atoms with Gasteiger partial charge in [-0.2, -0.15) is 0 Å². The van der Waals surface area contributed by atoms with Crippen LogP contribution in [0.25, 0.3) is 0 Å². The van der Waals surface area contributed by atoms with Crippen molar-refractivity contribution in [2.45, 2.75) is 6.42 Å². The Morgan fingerprint density at radius 3 is 2.57 bits per heavy atom. The van der Waals surface area contributed by atoms with Crippen molar-refractivity contribution >= 4 is 17.6 Å². The van der Waals surface area contributed by atoms with Crippen molar-refractivity contribution < 1.29 is 24.5 Å².